The lowest BCUT2D eigenvalue weighted by atomic mass is 9.99. The van der Waals surface area contributed by atoms with E-state index in [0.29, 0.717) is 6.42 Å². The Morgan fingerprint density at radius 1 is 0.569 bits per heavy atom. The highest BCUT2D eigenvalue weighted by Gasteiger charge is 2.40. The van der Waals surface area contributed by atoms with Crippen LogP contribution in [-0.2, 0) is 47.9 Å². The summed E-state index contributed by atoms with van der Waals surface area (Å²) < 4.78 is 0. The molecule has 1 saturated heterocycles. The molecular formula is C42H74N10O13. The first-order valence-corrected chi connectivity index (χ1v) is 22.1. The number of likely N-dealkylation sites (tertiary alicyclic amines) is 1. The van der Waals surface area contributed by atoms with Crippen LogP contribution in [0.15, 0.2) is 0 Å². The molecule has 0 unspecified atom stereocenters. The molecule has 1 fully saturated rings. The monoisotopic (exact) mass is 927 g/mol. The zero-order valence-corrected chi connectivity index (χ0v) is 39.3. The Hall–Kier alpha value is -5.42. The lowest BCUT2D eigenvalue weighted by Gasteiger charge is -2.30. The van der Waals surface area contributed by atoms with Gasteiger partial charge in [-0.25, -0.2) is 4.79 Å². The first-order chi connectivity index (χ1) is 30.1. The summed E-state index contributed by atoms with van der Waals surface area (Å²) in [5.41, 5.74) is 11.1. The van der Waals surface area contributed by atoms with Gasteiger partial charge in [-0.1, -0.05) is 41.5 Å². The number of hydrogen-bond acceptors (Lipinski definition) is 13. The van der Waals surface area contributed by atoms with Crippen LogP contribution in [0.25, 0.3) is 0 Å². The van der Waals surface area contributed by atoms with Gasteiger partial charge in [-0.05, 0) is 84.0 Å². The molecule has 0 aromatic carbocycles. The molecule has 0 bridgehead atoms. The Kier molecular flexibility index (Phi) is 24.1. The van der Waals surface area contributed by atoms with Gasteiger partial charge in [0.2, 0.25) is 53.2 Å². The van der Waals surface area contributed by atoms with E-state index in [0.717, 1.165) is 0 Å². The number of nitrogens with zero attached hydrogens (tertiary/aromatic N) is 1. The fourth-order valence-electron chi connectivity index (χ4n) is 6.93. The topological polar surface area (TPSA) is 371 Å². The number of aliphatic hydroxyl groups excluding tert-OH is 2. The average Bonchev–Trinajstić information content (AvgIpc) is 3.69. The van der Waals surface area contributed by atoms with Crippen LogP contribution in [0, 0.1) is 17.8 Å². The highest BCUT2D eigenvalue weighted by molar-refractivity contribution is 5.98. The third-order valence-corrected chi connectivity index (χ3v) is 10.5. The van der Waals surface area contributed by atoms with Gasteiger partial charge < -0.3 is 68.9 Å². The average molecular weight is 927 g/mol. The number of nitrogens with two attached hydrogens (primary N) is 2. The summed E-state index contributed by atoms with van der Waals surface area (Å²) in [7, 11) is 0. The standard InChI is InChI=1S/C42H74N10O13/c1-19(2)16-27(48-37(59)28(17-20(3)4)49-39(61)32(44)24(9)53)36(58)47-26(13-14-31(43)55)35(57)45-22(7)34(56)46-23(8)41(63)52-15-11-12-30(52)38(60)51-33(25(10)54)40(62)50-29(42(64)65)18-21(5)6/h19-30,32-33,53-54H,11-18,44H2,1-10H3,(H2,43,55)(H,45,57)(H,46,56)(H,47,58)(H,48,59)(H,49,61)(H,50,62)(H,51,60)(H,64,65)/t22-,23-,24+,25+,26-,27-,28-,29-,30-,32-,33-/m0/s1. The zero-order valence-electron chi connectivity index (χ0n) is 39.3. The van der Waals surface area contributed by atoms with E-state index in [4.69, 9.17) is 11.5 Å². The van der Waals surface area contributed by atoms with Gasteiger partial charge in [-0.2, -0.15) is 0 Å². The number of amides is 9. The van der Waals surface area contributed by atoms with E-state index in [1.807, 2.05) is 13.8 Å². The van der Waals surface area contributed by atoms with Gasteiger partial charge in [0.25, 0.3) is 0 Å². The summed E-state index contributed by atoms with van der Waals surface area (Å²) in [4.78, 5) is 132. The van der Waals surface area contributed by atoms with Crippen LogP contribution in [0.5, 0.6) is 0 Å². The molecule has 23 nitrogen and oxygen atoms in total. The largest absolute Gasteiger partial charge is 0.480 e. The van der Waals surface area contributed by atoms with E-state index in [1.54, 1.807) is 27.7 Å². The number of carbonyl (C=O) groups excluding carboxylic acids is 9. The maximum absolute atomic E-state index is 13.7. The van der Waals surface area contributed by atoms with E-state index in [1.165, 1.54) is 32.6 Å². The van der Waals surface area contributed by atoms with E-state index >= 15 is 0 Å². The molecule has 370 valence electrons. The van der Waals surface area contributed by atoms with E-state index < -0.39 is 126 Å². The minimum Gasteiger partial charge on any atom is -0.480 e. The van der Waals surface area contributed by atoms with Crippen molar-refractivity contribution in [2.24, 2.45) is 29.2 Å². The van der Waals surface area contributed by atoms with Crippen LogP contribution in [0.4, 0.5) is 0 Å². The first-order valence-electron chi connectivity index (χ1n) is 22.1. The Labute approximate surface area is 380 Å². The molecule has 1 aliphatic rings. The molecule has 11 atom stereocenters. The molecular weight excluding hydrogens is 853 g/mol. The minimum atomic E-state index is -1.55. The summed E-state index contributed by atoms with van der Waals surface area (Å²) in [6.07, 6.45) is -2.40. The first kappa shape index (κ1) is 57.6. The van der Waals surface area contributed by atoms with Crippen LogP contribution in [0.3, 0.4) is 0 Å². The fraction of sp³-hybridized carbons (Fsp3) is 0.762. The molecule has 0 spiro atoms. The highest BCUT2D eigenvalue weighted by Crippen LogP contribution is 2.19. The SMILES string of the molecule is CC(C)C[C@H](NC(=O)[C@@H](NC(=O)[C@@H]1CCCN1C(=O)[C@H](C)NC(=O)[C@H](C)NC(=O)[C@H](CCC(N)=O)NC(=O)[C@H](CC(C)C)NC(=O)[C@H](CC(C)C)NC(=O)[C@@H](N)[C@@H](C)O)[C@@H](C)O)C(=O)O. The smallest absolute Gasteiger partial charge is 0.326 e. The van der Waals surface area contributed by atoms with Crippen molar-refractivity contribution in [3.05, 3.63) is 0 Å². The summed E-state index contributed by atoms with van der Waals surface area (Å²) in [6.45, 7) is 16.0. The minimum absolute atomic E-state index is 0.0870. The van der Waals surface area contributed by atoms with Crippen molar-refractivity contribution in [2.75, 3.05) is 6.54 Å². The number of aliphatic hydroxyl groups is 2. The van der Waals surface area contributed by atoms with Gasteiger partial charge >= 0.3 is 5.97 Å². The molecule has 1 rings (SSSR count). The predicted molar refractivity (Wildman–Crippen MR) is 235 cm³/mol. The van der Waals surface area contributed by atoms with Crippen molar-refractivity contribution in [3.8, 4) is 0 Å². The number of primary amides is 1. The zero-order chi connectivity index (χ0) is 50.0. The molecule has 0 aromatic rings. The molecule has 14 N–H and O–H groups in total. The second-order valence-electron chi connectivity index (χ2n) is 18.1. The van der Waals surface area contributed by atoms with Crippen LogP contribution < -0.4 is 48.7 Å². The second-order valence-corrected chi connectivity index (χ2v) is 18.1. The maximum Gasteiger partial charge on any atom is 0.326 e. The van der Waals surface area contributed by atoms with Crippen LogP contribution in [0.1, 0.15) is 114 Å². The molecule has 0 radical (unpaired) electrons. The van der Waals surface area contributed by atoms with E-state index in [-0.39, 0.29) is 62.8 Å². The van der Waals surface area contributed by atoms with Crippen LogP contribution in [0.2, 0.25) is 0 Å². The van der Waals surface area contributed by atoms with Gasteiger partial charge in [0.1, 0.15) is 54.4 Å². The summed E-state index contributed by atoms with van der Waals surface area (Å²) in [5.74, 6) is -8.89. The number of carboxylic acid groups (broad SMARTS) is 1. The van der Waals surface area contributed by atoms with E-state index in [9.17, 15) is 63.3 Å². The van der Waals surface area contributed by atoms with Crippen molar-refractivity contribution in [1.82, 2.24) is 42.1 Å². The lowest BCUT2D eigenvalue weighted by Crippen LogP contribution is -2.60. The molecule has 0 saturated carbocycles. The van der Waals surface area contributed by atoms with Crippen molar-refractivity contribution in [1.29, 1.82) is 0 Å². The van der Waals surface area contributed by atoms with Crippen LogP contribution in [-0.4, -0.2) is 152 Å². The number of aliphatic carboxylic acids is 1. The number of nitrogens with one attached hydrogen (secondary N) is 7. The highest BCUT2D eigenvalue weighted by atomic mass is 16.4. The maximum atomic E-state index is 13.7. The molecule has 65 heavy (non-hydrogen) atoms. The van der Waals surface area contributed by atoms with Gasteiger partial charge in [-0.3, -0.25) is 43.2 Å². The summed E-state index contributed by atoms with van der Waals surface area (Å²) in [6, 6.07) is -11.6. The quantitative estimate of drug-likeness (QED) is 0.0391. The van der Waals surface area contributed by atoms with Crippen molar-refractivity contribution in [3.63, 3.8) is 0 Å². The van der Waals surface area contributed by atoms with Gasteiger partial charge in [0.05, 0.1) is 12.2 Å². The lowest BCUT2D eigenvalue weighted by molar-refractivity contribution is -0.144. The molecule has 0 aromatic heterocycles. The molecule has 9 amide bonds. The normalized spacial score (nSPS) is 18.4. The predicted octanol–water partition coefficient (Wildman–Crippen LogP) is -3.01. The number of carbonyl (C=O) groups is 10. The Morgan fingerprint density at radius 3 is 1.48 bits per heavy atom. The molecule has 23 heteroatoms. The van der Waals surface area contributed by atoms with E-state index in [2.05, 4.69) is 37.2 Å². The van der Waals surface area contributed by atoms with Crippen molar-refractivity contribution in [2.45, 2.75) is 181 Å². The third kappa shape index (κ3) is 19.7. The number of carboxylic acids is 1. The second kappa shape index (κ2) is 27.1. The Bertz CT molecular complexity index is 1690. The van der Waals surface area contributed by atoms with Gasteiger partial charge in [0.15, 0.2) is 0 Å². The van der Waals surface area contributed by atoms with Gasteiger partial charge in [-0.15, -0.1) is 0 Å². The van der Waals surface area contributed by atoms with Gasteiger partial charge in [0, 0.05) is 13.0 Å². The molecule has 0 aliphatic carbocycles. The molecule has 1 aliphatic heterocycles. The third-order valence-electron chi connectivity index (χ3n) is 10.5. The van der Waals surface area contributed by atoms with Crippen molar-refractivity contribution >= 4 is 59.1 Å². The molecule has 1 heterocycles. The van der Waals surface area contributed by atoms with Crippen LogP contribution >= 0.6 is 0 Å². The number of rotatable bonds is 27. The summed E-state index contributed by atoms with van der Waals surface area (Å²) >= 11 is 0. The summed E-state index contributed by atoms with van der Waals surface area (Å²) in [5, 5.41) is 47.0. The fourth-order valence-corrected chi connectivity index (χ4v) is 6.93. The van der Waals surface area contributed by atoms with Crippen molar-refractivity contribution < 1.29 is 63.3 Å². The Morgan fingerprint density at radius 2 is 1.02 bits per heavy atom. The number of hydrogen-bond donors (Lipinski definition) is 12. The Balaban J connectivity index is 3.12.